The molecule has 92 valence electrons. The van der Waals surface area contributed by atoms with Crippen molar-refractivity contribution in [3.63, 3.8) is 0 Å². The number of nitro groups is 1. The quantitative estimate of drug-likeness (QED) is 0.368. The monoisotopic (exact) mass is 245 g/mol. The Hall–Kier alpha value is -2.70. The fraction of sp³-hybridized carbons (Fsp3) is 0.0909. The highest BCUT2D eigenvalue weighted by molar-refractivity contribution is 5.98. The molecule has 2 aromatic rings. The summed E-state index contributed by atoms with van der Waals surface area (Å²) in [4.78, 5) is 10.1. The van der Waals surface area contributed by atoms with Crippen molar-refractivity contribution in [3.8, 4) is 5.69 Å². The van der Waals surface area contributed by atoms with Gasteiger partial charge in [0.05, 0.1) is 10.6 Å². The highest BCUT2D eigenvalue weighted by Gasteiger charge is 2.13. The highest BCUT2D eigenvalue weighted by Crippen LogP contribution is 2.18. The van der Waals surface area contributed by atoms with Crippen LogP contribution in [0.1, 0.15) is 11.1 Å². The predicted molar refractivity (Wildman–Crippen MR) is 66.0 cm³/mol. The molecule has 0 radical (unpaired) electrons. The Kier molecular flexibility index (Phi) is 2.80. The Bertz CT molecular complexity index is 632. The van der Waals surface area contributed by atoms with Crippen LogP contribution in [-0.2, 0) is 0 Å². The number of hydrogen-bond acceptors (Lipinski definition) is 4. The Morgan fingerprint density at radius 3 is 2.83 bits per heavy atom. The van der Waals surface area contributed by atoms with Crippen molar-refractivity contribution >= 4 is 11.5 Å². The molecule has 0 atom stereocenters. The third kappa shape index (κ3) is 2.05. The summed E-state index contributed by atoms with van der Waals surface area (Å²) in [5.74, 6) is -0.108. The molecular formula is C11H11N5O2. The maximum Gasteiger partial charge on any atom is 0.307 e. The first-order chi connectivity index (χ1) is 8.49. The van der Waals surface area contributed by atoms with E-state index < -0.39 is 4.92 Å². The van der Waals surface area contributed by atoms with Crippen LogP contribution in [0.25, 0.3) is 5.69 Å². The van der Waals surface area contributed by atoms with Gasteiger partial charge in [0, 0.05) is 5.56 Å². The zero-order chi connectivity index (χ0) is 13.3. The zero-order valence-electron chi connectivity index (χ0n) is 9.62. The fourth-order valence-electron chi connectivity index (χ4n) is 1.60. The number of aryl methyl sites for hydroxylation is 1. The lowest BCUT2D eigenvalue weighted by molar-refractivity contribution is -0.384. The summed E-state index contributed by atoms with van der Waals surface area (Å²) >= 11 is 0. The van der Waals surface area contributed by atoms with Gasteiger partial charge < -0.3 is 5.73 Å². The summed E-state index contributed by atoms with van der Waals surface area (Å²) in [7, 11) is 0. The van der Waals surface area contributed by atoms with Crippen molar-refractivity contribution < 1.29 is 4.92 Å². The van der Waals surface area contributed by atoms with Crippen LogP contribution in [0.4, 0.5) is 5.69 Å². The molecule has 0 unspecified atom stereocenters. The Morgan fingerprint density at radius 2 is 2.28 bits per heavy atom. The molecule has 0 bridgehead atoms. The number of nitrogens with one attached hydrogen (secondary N) is 1. The van der Waals surface area contributed by atoms with Crippen molar-refractivity contribution in [3.05, 3.63) is 51.8 Å². The van der Waals surface area contributed by atoms with Crippen LogP contribution in [0.15, 0.2) is 30.6 Å². The SMILES string of the molecule is Cc1ccc(C(=N)N)c(-n2cc([N+](=O)[O-])cn2)c1. The lowest BCUT2D eigenvalue weighted by Crippen LogP contribution is -2.15. The molecule has 1 heterocycles. The Balaban J connectivity index is 2.57. The van der Waals surface area contributed by atoms with E-state index in [2.05, 4.69) is 5.10 Å². The van der Waals surface area contributed by atoms with Crippen LogP contribution >= 0.6 is 0 Å². The van der Waals surface area contributed by atoms with E-state index in [0.29, 0.717) is 11.3 Å². The molecule has 7 nitrogen and oxygen atoms in total. The van der Waals surface area contributed by atoms with Gasteiger partial charge in [0.1, 0.15) is 18.2 Å². The van der Waals surface area contributed by atoms with E-state index >= 15 is 0 Å². The van der Waals surface area contributed by atoms with Crippen LogP contribution in [0.3, 0.4) is 0 Å². The van der Waals surface area contributed by atoms with Gasteiger partial charge >= 0.3 is 5.69 Å². The van der Waals surface area contributed by atoms with E-state index in [9.17, 15) is 10.1 Å². The summed E-state index contributed by atoms with van der Waals surface area (Å²) in [5.41, 5.74) is 7.36. The summed E-state index contributed by atoms with van der Waals surface area (Å²) in [5, 5.41) is 22.0. The number of rotatable bonds is 3. The van der Waals surface area contributed by atoms with Gasteiger partial charge in [-0.05, 0) is 24.6 Å². The van der Waals surface area contributed by atoms with Gasteiger partial charge in [0.25, 0.3) is 0 Å². The van der Waals surface area contributed by atoms with Crippen LogP contribution in [-0.4, -0.2) is 20.5 Å². The third-order valence-electron chi connectivity index (χ3n) is 2.47. The van der Waals surface area contributed by atoms with Gasteiger partial charge in [-0.15, -0.1) is 0 Å². The molecule has 18 heavy (non-hydrogen) atoms. The van der Waals surface area contributed by atoms with Crippen molar-refractivity contribution in [2.75, 3.05) is 0 Å². The number of nitrogen functional groups attached to an aromatic ring is 1. The smallest absolute Gasteiger partial charge is 0.307 e. The fourth-order valence-corrected chi connectivity index (χ4v) is 1.60. The second-order valence-corrected chi connectivity index (χ2v) is 3.83. The lowest BCUT2D eigenvalue weighted by atomic mass is 10.1. The van der Waals surface area contributed by atoms with Crippen molar-refractivity contribution in [2.24, 2.45) is 5.73 Å². The molecule has 1 aromatic heterocycles. The van der Waals surface area contributed by atoms with Gasteiger partial charge in [-0.2, -0.15) is 5.10 Å². The van der Waals surface area contributed by atoms with E-state index in [4.69, 9.17) is 11.1 Å². The maximum atomic E-state index is 10.6. The summed E-state index contributed by atoms with van der Waals surface area (Å²) in [6.45, 7) is 1.88. The minimum atomic E-state index is -0.521. The van der Waals surface area contributed by atoms with Crippen molar-refractivity contribution in [1.82, 2.24) is 9.78 Å². The molecule has 0 aliphatic rings. The third-order valence-corrected chi connectivity index (χ3v) is 2.47. The van der Waals surface area contributed by atoms with E-state index in [1.165, 1.54) is 10.9 Å². The maximum absolute atomic E-state index is 10.6. The second kappa shape index (κ2) is 4.28. The minimum Gasteiger partial charge on any atom is -0.384 e. The molecule has 3 N–H and O–H groups in total. The lowest BCUT2D eigenvalue weighted by Gasteiger charge is -2.08. The van der Waals surface area contributed by atoms with Crippen molar-refractivity contribution in [1.29, 1.82) is 5.41 Å². The topological polar surface area (TPSA) is 111 Å². The first-order valence-corrected chi connectivity index (χ1v) is 5.13. The molecule has 0 aliphatic carbocycles. The zero-order valence-corrected chi connectivity index (χ0v) is 9.62. The number of benzene rings is 1. The summed E-state index contributed by atoms with van der Waals surface area (Å²) in [6.07, 6.45) is 2.45. The molecule has 0 aliphatic heterocycles. The van der Waals surface area contributed by atoms with Gasteiger partial charge in [0.15, 0.2) is 0 Å². The molecule has 0 spiro atoms. The average molecular weight is 245 g/mol. The molecule has 0 fully saturated rings. The van der Waals surface area contributed by atoms with Crippen LogP contribution in [0.5, 0.6) is 0 Å². The van der Waals surface area contributed by atoms with Gasteiger partial charge in [-0.1, -0.05) is 6.07 Å². The number of aromatic nitrogens is 2. The molecule has 2 rings (SSSR count). The van der Waals surface area contributed by atoms with Crippen LogP contribution < -0.4 is 5.73 Å². The van der Waals surface area contributed by atoms with Gasteiger partial charge in [-0.3, -0.25) is 15.5 Å². The second-order valence-electron chi connectivity index (χ2n) is 3.83. The predicted octanol–water partition coefficient (Wildman–Crippen LogP) is 1.37. The first-order valence-electron chi connectivity index (χ1n) is 5.13. The van der Waals surface area contributed by atoms with Gasteiger partial charge in [0.2, 0.25) is 0 Å². The molecule has 0 saturated carbocycles. The average Bonchev–Trinajstić information content (AvgIpc) is 2.77. The number of nitrogens with two attached hydrogens (primary N) is 1. The largest absolute Gasteiger partial charge is 0.384 e. The molecular weight excluding hydrogens is 234 g/mol. The van der Waals surface area contributed by atoms with Crippen molar-refractivity contribution in [2.45, 2.75) is 6.92 Å². The normalized spacial score (nSPS) is 10.3. The van der Waals surface area contributed by atoms with E-state index in [-0.39, 0.29) is 11.5 Å². The Labute approximate surface area is 103 Å². The number of amidine groups is 1. The molecule has 7 heteroatoms. The standard InChI is InChI=1S/C11H11N5O2/c1-7-2-3-9(11(12)13)10(4-7)15-6-8(5-14-15)16(17)18/h2-6H,1H3,(H3,12,13). The summed E-state index contributed by atoms with van der Waals surface area (Å²) < 4.78 is 1.35. The van der Waals surface area contributed by atoms with Gasteiger partial charge in [-0.25, -0.2) is 4.68 Å². The van der Waals surface area contributed by atoms with E-state index in [0.717, 1.165) is 11.8 Å². The van der Waals surface area contributed by atoms with E-state index in [1.807, 2.05) is 13.0 Å². The summed E-state index contributed by atoms with van der Waals surface area (Å²) in [6, 6.07) is 5.28. The molecule has 1 aromatic carbocycles. The van der Waals surface area contributed by atoms with E-state index in [1.54, 1.807) is 12.1 Å². The Morgan fingerprint density at radius 1 is 1.56 bits per heavy atom. The highest BCUT2D eigenvalue weighted by atomic mass is 16.6. The number of hydrogen-bond donors (Lipinski definition) is 2. The minimum absolute atomic E-state index is 0.106. The molecule has 0 amide bonds. The van der Waals surface area contributed by atoms with Crippen LogP contribution in [0, 0.1) is 22.4 Å². The first kappa shape index (κ1) is 11.8. The van der Waals surface area contributed by atoms with Crippen LogP contribution in [0.2, 0.25) is 0 Å². The number of nitrogens with zero attached hydrogens (tertiary/aromatic N) is 3. The molecule has 0 saturated heterocycles.